The lowest BCUT2D eigenvalue weighted by molar-refractivity contribution is 0.0690. The van der Waals surface area contributed by atoms with Crippen LogP contribution in [-0.4, -0.2) is 26.9 Å². The van der Waals surface area contributed by atoms with Crippen molar-refractivity contribution in [3.8, 4) is 0 Å². The summed E-state index contributed by atoms with van der Waals surface area (Å²) in [6, 6.07) is 1.34. The second-order valence-corrected chi connectivity index (χ2v) is 3.17. The first-order valence-corrected chi connectivity index (χ1v) is 5.31. The highest BCUT2D eigenvalue weighted by atomic mass is 35.5. The van der Waals surface area contributed by atoms with Crippen LogP contribution in [0.1, 0.15) is 36.7 Å². The van der Waals surface area contributed by atoms with Gasteiger partial charge >= 0.3 is 5.97 Å². The van der Waals surface area contributed by atoms with Crippen LogP contribution in [0.5, 0.6) is 0 Å². The number of halogens is 1. The van der Waals surface area contributed by atoms with E-state index in [0.717, 1.165) is 5.88 Å². The molecule has 5 heteroatoms. The Labute approximate surface area is 94.3 Å². The van der Waals surface area contributed by atoms with Crippen LogP contribution in [0.2, 0.25) is 0 Å². The van der Waals surface area contributed by atoms with Gasteiger partial charge in [0.25, 0.3) is 0 Å². The van der Waals surface area contributed by atoms with Gasteiger partial charge in [0.05, 0.1) is 0 Å². The molecule has 0 aliphatic rings. The lowest BCUT2D eigenvalue weighted by Gasteiger charge is -1.86. The van der Waals surface area contributed by atoms with Gasteiger partial charge in [-0.2, -0.15) is 0 Å². The summed E-state index contributed by atoms with van der Waals surface area (Å²) in [5.41, 5.74) is 0.0185. The number of unbranched alkanes of at least 4 members (excludes halogenated alkanes) is 2. The van der Waals surface area contributed by atoms with Crippen molar-refractivity contribution in [2.75, 3.05) is 5.88 Å². The second-order valence-electron chi connectivity index (χ2n) is 2.80. The number of aromatic carboxylic acids is 1. The molecule has 0 saturated carbocycles. The third kappa shape index (κ3) is 7.88. The molecule has 0 unspecified atom stereocenters. The number of carboxylic acid groups (broad SMARTS) is 1. The number of hydrogen-bond donors (Lipinski definition) is 1. The molecule has 0 aromatic carbocycles. The molecule has 84 valence electrons. The maximum absolute atomic E-state index is 10.1. The van der Waals surface area contributed by atoms with Crippen molar-refractivity contribution >= 4 is 17.6 Å². The highest BCUT2D eigenvalue weighted by Crippen LogP contribution is 1.93. The van der Waals surface area contributed by atoms with Gasteiger partial charge in [-0.1, -0.05) is 19.8 Å². The van der Waals surface area contributed by atoms with Crippen molar-refractivity contribution in [3.63, 3.8) is 0 Å². The van der Waals surface area contributed by atoms with E-state index in [9.17, 15) is 4.79 Å². The molecule has 0 aliphatic carbocycles. The van der Waals surface area contributed by atoms with Gasteiger partial charge in [0, 0.05) is 12.1 Å². The number of carboxylic acids is 1. The maximum Gasteiger partial charge on any atom is 0.354 e. The zero-order chi connectivity index (χ0) is 11.5. The van der Waals surface area contributed by atoms with Gasteiger partial charge in [-0.25, -0.2) is 14.8 Å². The number of aromatic nitrogens is 2. The summed E-state index contributed by atoms with van der Waals surface area (Å²) >= 11 is 5.38. The number of rotatable bonds is 4. The van der Waals surface area contributed by atoms with Crippen LogP contribution in [0.3, 0.4) is 0 Å². The van der Waals surface area contributed by atoms with Crippen LogP contribution < -0.4 is 0 Å². The Morgan fingerprint density at radius 2 is 2.27 bits per heavy atom. The number of alkyl halides is 1. The molecule has 1 aromatic rings. The maximum atomic E-state index is 10.1. The summed E-state index contributed by atoms with van der Waals surface area (Å²) in [4.78, 5) is 17.1. The molecule has 0 radical (unpaired) electrons. The summed E-state index contributed by atoms with van der Waals surface area (Å²) < 4.78 is 0. The first kappa shape index (κ1) is 13.8. The van der Waals surface area contributed by atoms with E-state index in [-0.39, 0.29) is 5.69 Å². The molecule has 1 N–H and O–H groups in total. The van der Waals surface area contributed by atoms with E-state index in [1.54, 1.807) is 0 Å². The molecule has 0 fully saturated rings. The Morgan fingerprint density at radius 1 is 1.53 bits per heavy atom. The first-order chi connectivity index (χ1) is 7.22. The zero-order valence-corrected chi connectivity index (χ0v) is 9.44. The van der Waals surface area contributed by atoms with Crippen LogP contribution in [-0.2, 0) is 0 Å². The Balaban J connectivity index is 0.000000288. The Morgan fingerprint density at radius 3 is 2.53 bits per heavy atom. The van der Waals surface area contributed by atoms with Crippen molar-refractivity contribution < 1.29 is 9.90 Å². The fraction of sp³-hybridized carbons (Fsp3) is 0.500. The summed E-state index contributed by atoms with van der Waals surface area (Å²) in [7, 11) is 0. The van der Waals surface area contributed by atoms with E-state index in [0.29, 0.717) is 0 Å². The normalized spacial score (nSPS) is 8.93. The molecular formula is C10H15ClN2O2. The van der Waals surface area contributed by atoms with Gasteiger partial charge in [0.15, 0.2) is 5.69 Å². The van der Waals surface area contributed by atoms with Crippen molar-refractivity contribution in [1.82, 2.24) is 9.97 Å². The molecule has 0 spiro atoms. The minimum atomic E-state index is -1.03. The second kappa shape index (κ2) is 9.40. The Kier molecular flexibility index (Phi) is 8.67. The number of hydrogen-bond acceptors (Lipinski definition) is 3. The molecule has 0 amide bonds. The van der Waals surface area contributed by atoms with E-state index < -0.39 is 5.97 Å². The number of carbonyl (C=O) groups is 1. The fourth-order valence-electron chi connectivity index (χ4n) is 0.762. The van der Waals surface area contributed by atoms with E-state index >= 15 is 0 Å². The summed E-state index contributed by atoms with van der Waals surface area (Å²) in [5.74, 6) is -0.203. The van der Waals surface area contributed by atoms with Gasteiger partial charge in [-0.05, 0) is 12.5 Å². The minimum absolute atomic E-state index is 0.0185. The van der Waals surface area contributed by atoms with Gasteiger partial charge < -0.3 is 5.11 Å². The van der Waals surface area contributed by atoms with Crippen molar-refractivity contribution in [1.29, 1.82) is 0 Å². The predicted octanol–water partition coefficient (Wildman–Crippen LogP) is 2.59. The average molecular weight is 231 g/mol. The van der Waals surface area contributed by atoms with Crippen molar-refractivity contribution in [3.05, 3.63) is 24.3 Å². The van der Waals surface area contributed by atoms with Gasteiger partial charge in [-0.3, -0.25) is 0 Å². The fourth-order valence-corrected chi connectivity index (χ4v) is 0.951. The molecular weight excluding hydrogens is 216 g/mol. The van der Waals surface area contributed by atoms with Gasteiger partial charge in [0.1, 0.15) is 6.33 Å². The molecule has 0 saturated heterocycles. The standard InChI is InChI=1S/C5H11Cl.C5H4N2O2/c1-2-3-4-5-6;8-5(9)4-1-2-6-3-7-4/h2-5H2,1H3;1-3H,(H,8,9). The molecule has 1 rings (SSSR count). The van der Waals surface area contributed by atoms with E-state index in [1.165, 1.54) is 37.9 Å². The molecule has 4 nitrogen and oxygen atoms in total. The van der Waals surface area contributed by atoms with Gasteiger partial charge in [-0.15, -0.1) is 11.6 Å². The van der Waals surface area contributed by atoms with Crippen LogP contribution in [0, 0.1) is 0 Å². The Hall–Kier alpha value is -1.16. The average Bonchev–Trinajstić information content (AvgIpc) is 2.28. The van der Waals surface area contributed by atoms with Gasteiger partial charge in [0.2, 0.25) is 0 Å². The van der Waals surface area contributed by atoms with E-state index in [1.807, 2.05) is 0 Å². The van der Waals surface area contributed by atoms with Crippen LogP contribution >= 0.6 is 11.6 Å². The zero-order valence-electron chi connectivity index (χ0n) is 8.69. The summed E-state index contributed by atoms with van der Waals surface area (Å²) in [6.07, 6.45) is 6.31. The molecule has 0 atom stereocenters. The lowest BCUT2D eigenvalue weighted by Crippen LogP contribution is -1.98. The van der Waals surface area contributed by atoms with Crippen LogP contribution in [0.25, 0.3) is 0 Å². The third-order valence-corrected chi connectivity index (χ3v) is 1.81. The Bertz CT molecular complexity index is 263. The third-order valence-electron chi connectivity index (χ3n) is 1.54. The van der Waals surface area contributed by atoms with Crippen LogP contribution in [0.4, 0.5) is 0 Å². The predicted molar refractivity (Wildman–Crippen MR) is 59.2 cm³/mol. The molecule has 0 bridgehead atoms. The topological polar surface area (TPSA) is 63.1 Å². The SMILES string of the molecule is CCCCCCl.O=C(O)c1ccncn1. The molecule has 1 heterocycles. The highest BCUT2D eigenvalue weighted by molar-refractivity contribution is 6.17. The lowest BCUT2D eigenvalue weighted by atomic mass is 10.3. The van der Waals surface area contributed by atoms with Crippen molar-refractivity contribution in [2.24, 2.45) is 0 Å². The number of nitrogens with zero attached hydrogens (tertiary/aromatic N) is 2. The van der Waals surface area contributed by atoms with E-state index in [2.05, 4.69) is 16.9 Å². The van der Waals surface area contributed by atoms with Crippen LogP contribution in [0.15, 0.2) is 18.6 Å². The van der Waals surface area contributed by atoms with Crippen molar-refractivity contribution in [2.45, 2.75) is 26.2 Å². The quantitative estimate of drug-likeness (QED) is 0.638. The minimum Gasteiger partial charge on any atom is -0.477 e. The molecule has 1 aromatic heterocycles. The largest absolute Gasteiger partial charge is 0.477 e. The summed E-state index contributed by atoms with van der Waals surface area (Å²) in [5, 5.41) is 8.29. The monoisotopic (exact) mass is 230 g/mol. The van der Waals surface area contributed by atoms with E-state index in [4.69, 9.17) is 16.7 Å². The molecule has 0 aliphatic heterocycles. The summed E-state index contributed by atoms with van der Waals surface area (Å²) in [6.45, 7) is 2.17. The highest BCUT2D eigenvalue weighted by Gasteiger charge is 1.99. The smallest absolute Gasteiger partial charge is 0.354 e. The first-order valence-electron chi connectivity index (χ1n) is 4.77. The molecule has 15 heavy (non-hydrogen) atoms.